The Morgan fingerprint density at radius 3 is 2.76 bits per heavy atom. The van der Waals surface area contributed by atoms with Crippen molar-refractivity contribution in [1.29, 1.82) is 0 Å². The van der Waals surface area contributed by atoms with Gasteiger partial charge in [-0.2, -0.15) is 0 Å². The SMILES string of the molecule is [C-]#[N+][C@@]1(C)C[C@@]23SS[C@@](C)(C(=O)N2C1c1ccc2c(c1)OCO2)N(CC=C)C3=O. The first-order chi connectivity index (χ1) is 13.8. The number of hydrogen-bond acceptors (Lipinski definition) is 6. The third kappa shape index (κ3) is 2.16. The first-order valence-corrected chi connectivity index (χ1v) is 11.4. The van der Waals surface area contributed by atoms with Crippen molar-refractivity contribution in [2.24, 2.45) is 0 Å². The summed E-state index contributed by atoms with van der Waals surface area (Å²) in [6.07, 6.45) is 1.91. The van der Waals surface area contributed by atoms with Crippen LogP contribution in [0.25, 0.3) is 4.85 Å². The van der Waals surface area contributed by atoms with Crippen molar-refractivity contribution in [1.82, 2.24) is 9.80 Å². The highest BCUT2D eigenvalue weighted by Gasteiger charge is 2.77. The van der Waals surface area contributed by atoms with Crippen molar-refractivity contribution in [2.45, 2.75) is 41.6 Å². The normalized spacial score (nSPS) is 36.9. The Morgan fingerprint density at radius 1 is 1.28 bits per heavy atom. The Kier molecular flexibility index (Phi) is 3.78. The summed E-state index contributed by atoms with van der Waals surface area (Å²) in [5, 5.41) is 0. The summed E-state index contributed by atoms with van der Waals surface area (Å²) in [6.45, 7) is 15.7. The van der Waals surface area contributed by atoms with Gasteiger partial charge in [0.05, 0.1) is 6.42 Å². The molecule has 2 amide bonds. The number of nitrogens with zero attached hydrogens (tertiary/aromatic N) is 3. The van der Waals surface area contributed by atoms with Crippen molar-refractivity contribution < 1.29 is 19.1 Å². The zero-order valence-electron chi connectivity index (χ0n) is 16.0. The summed E-state index contributed by atoms with van der Waals surface area (Å²) < 4.78 is 10.9. The number of amides is 2. The molecule has 4 fully saturated rings. The molecule has 4 atom stereocenters. The summed E-state index contributed by atoms with van der Waals surface area (Å²) in [5.74, 6) is 0.972. The topological polar surface area (TPSA) is 63.4 Å². The molecule has 7 nitrogen and oxygen atoms in total. The second-order valence-electron chi connectivity index (χ2n) is 7.97. The monoisotopic (exact) mass is 429 g/mol. The average molecular weight is 430 g/mol. The highest BCUT2D eigenvalue weighted by molar-refractivity contribution is 8.78. The van der Waals surface area contributed by atoms with E-state index in [0.717, 1.165) is 5.56 Å². The molecule has 5 heterocycles. The van der Waals surface area contributed by atoms with Crippen LogP contribution >= 0.6 is 21.6 Å². The lowest BCUT2D eigenvalue weighted by Crippen LogP contribution is -2.74. The van der Waals surface area contributed by atoms with Crippen LogP contribution in [0.3, 0.4) is 0 Å². The van der Waals surface area contributed by atoms with E-state index in [1.54, 1.807) is 28.9 Å². The van der Waals surface area contributed by atoms with Crippen LogP contribution in [0.2, 0.25) is 0 Å². The molecule has 0 aliphatic carbocycles. The molecule has 9 heteroatoms. The lowest BCUT2D eigenvalue weighted by atomic mass is 9.87. The van der Waals surface area contributed by atoms with Gasteiger partial charge in [0.25, 0.3) is 17.4 Å². The van der Waals surface area contributed by atoms with Crippen LogP contribution < -0.4 is 9.47 Å². The molecule has 0 saturated carbocycles. The molecule has 1 aromatic rings. The number of carbonyl (C=O) groups is 2. The lowest BCUT2D eigenvalue weighted by molar-refractivity contribution is -0.165. The minimum absolute atomic E-state index is 0.124. The standard InChI is InChI=1S/C20H19N3O4S2/c1-5-8-22-17(25)20-10-18(2,21-4)15(23(20)16(24)19(22,3)28-29-20)12-6-7-13-14(9-12)27-11-26-13/h5-7,9,15H,1,8,10-11H2,2-3H3/t15?,18-,19-,20-/m0/s1. The molecule has 0 radical (unpaired) electrons. The van der Waals surface area contributed by atoms with Crippen LogP contribution in [-0.2, 0) is 9.59 Å². The van der Waals surface area contributed by atoms with Gasteiger partial charge in [-0.3, -0.25) is 9.59 Å². The van der Waals surface area contributed by atoms with Crippen LogP contribution in [0.15, 0.2) is 30.9 Å². The van der Waals surface area contributed by atoms with E-state index in [9.17, 15) is 9.59 Å². The molecule has 0 N–H and O–H groups in total. The summed E-state index contributed by atoms with van der Waals surface area (Å²) in [7, 11) is 2.82. The second-order valence-corrected chi connectivity index (χ2v) is 10.8. The van der Waals surface area contributed by atoms with E-state index in [1.807, 2.05) is 19.1 Å². The number of ether oxygens (including phenoxy) is 2. The Bertz CT molecular complexity index is 1010. The maximum atomic E-state index is 13.7. The van der Waals surface area contributed by atoms with Crippen LogP contribution in [-0.4, -0.2) is 50.2 Å². The van der Waals surface area contributed by atoms with E-state index in [1.165, 1.54) is 21.6 Å². The predicted molar refractivity (Wildman–Crippen MR) is 110 cm³/mol. The van der Waals surface area contributed by atoms with E-state index in [0.29, 0.717) is 18.0 Å². The first kappa shape index (κ1) is 18.7. The average Bonchev–Trinajstić information content (AvgIpc) is 3.28. The minimum Gasteiger partial charge on any atom is -0.454 e. The first-order valence-electron chi connectivity index (χ1n) is 9.22. The summed E-state index contributed by atoms with van der Waals surface area (Å²) in [5.41, 5.74) is -0.162. The van der Waals surface area contributed by atoms with Gasteiger partial charge in [-0.05, 0) is 24.6 Å². The maximum absolute atomic E-state index is 13.7. The molecule has 150 valence electrons. The number of benzene rings is 1. The summed E-state index contributed by atoms with van der Waals surface area (Å²) >= 11 is 0. The zero-order valence-corrected chi connectivity index (χ0v) is 17.6. The van der Waals surface area contributed by atoms with Crippen LogP contribution in [0, 0.1) is 6.57 Å². The predicted octanol–water partition coefficient (Wildman–Crippen LogP) is 3.20. The number of fused-ring (bicyclic) bond motifs is 3. The number of hydrogen-bond donors (Lipinski definition) is 0. The number of carbonyl (C=O) groups excluding carboxylic acids is 2. The smallest absolute Gasteiger partial charge is 0.262 e. The molecule has 0 aromatic heterocycles. The molecule has 6 rings (SSSR count). The maximum Gasteiger partial charge on any atom is 0.262 e. The summed E-state index contributed by atoms with van der Waals surface area (Å²) in [6, 6.07) is 4.94. The van der Waals surface area contributed by atoms with Gasteiger partial charge in [0.2, 0.25) is 6.79 Å². The molecule has 1 unspecified atom stereocenters. The van der Waals surface area contributed by atoms with E-state index in [-0.39, 0.29) is 25.0 Å². The highest BCUT2D eigenvalue weighted by Crippen LogP contribution is 2.68. The van der Waals surface area contributed by atoms with Crippen molar-refractivity contribution in [3.8, 4) is 11.5 Å². The molecule has 5 aliphatic heterocycles. The van der Waals surface area contributed by atoms with Gasteiger partial charge in [-0.25, -0.2) is 6.57 Å². The highest BCUT2D eigenvalue weighted by atomic mass is 33.1. The third-order valence-corrected chi connectivity index (χ3v) is 9.81. The zero-order chi connectivity index (χ0) is 20.6. The quantitative estimate of drug-likeness (QED) is 0.418. The van der Waals surface area contributed by atoms with Gasteiger partial charge in [0.15, 0.2) is 21.2 Å². The van der Waals surface area contributed by atoms with Gasteiger partial charge in [0, 0.05) is 13.5 Å². The van der Waals surface area contributed by atoms with E-state index >= 15 is 0 Å². The Balaban J connectivity index is 1.68. The second kappa shape index (κ2) is 5.86. The van der Waals surface area contributed by atoms with E-state index in [4.69, 9.17) is 16.0 Å². The Labute approximate surface area is 176 Å². The van der Waals surface area contributed by atoms with Gasteiger partial charge in [-0.15, -0.1) is 6.58 Å². The van der Waals surface area contributed by atoms with Crippen molar-refractivity contribution in [3.05, 3.63) is 47.8 Å². The molecule has 1 spiro atoms. The largest absolute Gasteiger partial charge is 0.454 e. The molecular formula is C20H19N3O4S2. The third-order valence-electron chi connectivity index (χ3n) is 6.17. The van der Waals surface area contributed by atoms with Crippen molar-refractivity contribution in [3.63, 3.8) is 0 Å². The fraction of sp³-hybridized carbons (Fsp3) is 0.450. The van der Waals surface area contributed by atoms with Gasteiger partial charge >= 0.3 is 0 Å². The van der Waals surface area contributed by atoms with Crippen molar-refractivity contribution >= 4 is 33.4 Å². The fourth-order valence-corrected chi connectivity index (χ4v) is 8.31. The number of rotatable bonds is 3. The van der Waals surface area contributed by atoms with Crippen LogP contribution in [0.1, 0.15) is 31.9 Å². The lowest BCUT2D eigenvalue weighted by Gasteiger charge is -2.57. The summed E-state index contributed by atoms with van der Waals surface area (Å²) in [4.78, 5) is 32.4. The number of piperazine rings is 1. The molecular weight excluding hydrogens is 410 g/mol. The molecule has 5 aliphatic rings. The van der Waals surface area contributed by atoms with Gasteiger partial charge < -0.3 is 24.1 Å². The van der Waals surface area contributed by atoms with Crippen LogP contribution in [0.4, 0.5) is 0 Å². The van der Waals surface area contributed by atoms with E-state index in [2.05, 4.69) is 11.4 Å². The van der Waals surface area contributed by atoms with Gasteiger partial charge in [-0.1, -0.05) is 33.7 Å². The van der Waals surface area contributed by atoms with Gasteiger partial charge in [0.1, 0.15) is 6.04 Å². The minimum atomic E-state index is -1.09. The Hall–Kier alpha value is -2.31. The van der Waals surface area contributed by atoms with Crippen molar-refractivity contribution in [2.75, 3.05) is 13.3 Å². The molecule has 2 bridgehead atoms. The van der Waals surface area contributed by atoms with Crippen LogP contribution in [0.5, 0.6) is 11.5 Å². The Morgan fingerprint density at radius 2 is 2.03 bits per heavy atom. The van der Waals surface area contributed by atoms with E-state index < -0.39 is 21.3 Å². The molecule has 29 heavy (non-hydrogen) atoms. The molecule has 4 saturated heterocycles. The molecule has 1 aromatic carbocycles. The fourth-order valence-electron chi connectivity index (χ4n) is 4.77.